The second-order valence-electron chi connectivity index (χ2n) is 7.41. The van der Waals surface area contributed by atoms with Crippen molar-refractivity contribution < 1.29 is 17.9 Å². The van der Waals surface area contributed by atoms with E-state index in [2.05, 4.69) is 0 Å². The third kappa shape index (κ3) is 4.52. The lowest BCUT2D eigenvalue weighted by Crippen LogP contribution is -2.43. The van der Waals surface area contributed by atoms with Crippen LogP contribution >= 0.6 is 0 Å². The molecule has 3 rings (SSSR count). The van der Waals surface area contributed by atoms with Crippen molar-refractivity contribution in [2.24, 2.45) is 0 Å². The van der Waals surface area contributed by atoms with Gasteiger partial charge in [0.2, 0.25) is 10.0 Å². The molecule has 2 aliphatic rings. The molecule has 6 nitrogen and oxygen atoms in total. The Labute approximate surface area is 162 Å². The van der Waals surface area contributed by atoms with Crippen LogP contribution in [0.2, 0.25) is 0 Å². The smallest absolute Gasteiger partial charge is 0.254 e. The molecule has 1 atom stereocenters. The van der Waals surface area contributed by atoms with Crippen molar-refractivity contribution in [3.05, 3.63) is 29.3 Å². The average Bonchev–Trinajstić information content (AvgIpc) is 2.69. The van der Waals surface area contributed by atoms with Crippen molar-refractivity contribution >= 4 is 15.9 Å². The summed E-state index contributed by atoms with van der Waals surface area (Å²) in [6.45, 7) is 6.81. The molecule has 1 aromatic rings. The lowest BCUT2D eigenvalue weighted by molar-refractivity contribution is 0.00720. The molecule has 1 amide bonds. The highest BCUT2D eigenvalue weighted by Gasteiger charge is 2.29. The van der Waals surface area contributed by atoms with Crippen molar-refractivity contribution in [3.8, 4) is 0 Å². The van der Waals surface area contributed by atoms with E-state index in [9.17, 15) is 13.2 Å². The third-order valence-electron chi connectivity index (χ3n) is 5.46. The third-order valence-corrected chi connectivity index (χ3v) is 7.35. The van der Waals surface area contributed by atoms with E-state index >= 15 is 0 Å². The van der Waals surface area contributed by atoms with Crippen molar-refractivity contribution in [3.63, 3.8) is 0 Å². The van der Waals surface area contributed by atoms with Gasteiger partial charge in [-0.2, -0.15) is 4.31 Å². The van der Waals surface area contributed by atoms with Gasteiger partial charge in [0.1, 0.15) is 0 Å². The highest BCUT2D eigenvalue weighted by atomic mass is 32.2. The van der Waals surface area contributed by atoms with E-state index in [1.165, 1.54) is 0 Å². The highest BCUT2D eigenvalue weighted by molar-refractivity contribution is 7.89. The van der Waals surface area contributed by atoms with Crippen molar-refractivity contribution in [1.29, 1.82) is 0 Å². The number of nitrogens with zero attached hydrogens (tertiary/aromatic N) is 2. The van der Waals surface area contributed by atoms with Gasteiger partial charge in [-0.3, -0.25) is 4.79 Å². The van der Waals surface area contributed by atoms with E-state index in [-0.39, 0.29) is 16.9 Å². The van der Waals surface area contributed by atoms with Crippen LogP contribution in [-0.4, -0.2) is 62.4 Å². The van der Waals surface area contributed by atoms with Crippen LogP contribution in [0.3, 0.4) is 0 Å². The molecular weight excluding hydrogens is 364 g/mol. The van der Waals surface area contributed by atoms with Gasteiger partial charge in [0, 0.05) is 38.3 Å². The molecule has 0 saturated carbocycles. The molecule has 0 spiro atoms. The minimum atomic E-state index is -3.55. The summed E-state index contributed by atoms with van der Waals surface area (Å²) < 4.78 is 33.2. The maximum absolute atomic E-state index is 13.1. The fourth-order valence-electron chi connectivity index (χ4n) is 3.91. The van der Waals surface area contributed by atoms with Crippen LogP contribution in [0.25, 0.3) is 0 Å². The SMILES string of the molecule is CCOC1CCCN(C(=O)c2cc(S(=O)(=O)N3CCCCC3)ccc2C)C1. The molecule has 0 aliphatic carbocycles. The van der Waals surface area contributed by atoms with E-state index in [0.717, 1.165) is 37.7 Å². The first-order valence-electron chi connectivity index (χ1n) is 9.95. The molecule has 0 bridgehead atoms. The first-order valence-corrected chi connectivity index (χ1v) is 11.4. The highest BCUT2D eigenvalue weighted by Crippen LogP contribution is 2.24. The minimum Gasteiger partial charge on any atom is -0.377 e. The number of ether oxygens (including phenoxy) is 1. The number of carbonyl (C=O) groups is 1. The van der Waals surface area contributed by atoms with Crippen molar-refractivity contribution in [1.82, 2.24) is 9.21 Å². The van der Waals surface area contributed by atoms with E-state index in [1.54, 1.807) is 27.4 Å². The largest absolute Gasteiger partial charge is 0.377 e. The van der Waals surface area contributed by atoms with Crippen LogP contribution < -0.4 is 0 Å². The van der Waals surface area contributed by atoms with Gasteiger partial charge in [0.15, 0.2) is 0 Å². The number of amides is 1. The molecule has 1 unspecified atom stereocenters. The maximum atomic E-state index is 13.1. The number of piperidine rings is 2. The fourth-order valence-corrected chi connectivity index (χ4v) is 5.45. The van der Waals surface area contributed by atoms with Gasteiger partial charge in [-0.15, -0.1) is 0 Å². The Morgan fingerprint density at radius 1 is 1.15 bits per heavy atom. The second-order valence-corrected chi connectivity index (χ2v) is 9.35. The van der Waals surface area contributed by atoms with E-state index in [4.69, 9.17) is 4.74 Å². The Kier molecular flexibility index (Phi) is 6.55. The van der Waals surface area contributed by atoms with Crippen LogP contribution in [0.15, 0.2) is 23.1 Å². The average molecular weight is 395 g/mol. The number of carbonyl (C=O) groups excluding carboxylic acids is 1. The standard InChI is InChI=1S/C20H30N2O4S/c1-3-26-17-8-7-11-21(15-17)20(23)19-14-18(10-9-16(19)2)27(24,25)22-12-5-4-6-13-22/h9-10,14,17H,3-8,11-13,15H2,1-2H3. The molecule has 7 heteroatoms. The van der Waals surface area contributed by atoms with Crippen molar-refractivity contribution in [2.45, 2.75) is 57.0 Å². The molecule has 2 fully saturated rings. The zero-order valence-corrected chi connectivity index (χ0v) is 17.1. The predicted octanol–water partition coefficient (Wildman–Crippen LogP) is 2.81. The molecule has 2 heterocycles. The van der Waals surface area contributed by atoms with E-state index in [0.29, 0.717) is 38.3 Å². The lowest BCUT2D eigenvalue weighted by atomic mass is 10.0. The number of hydrogen-bond donors (Lipinski definition) is 0. The lowest BCUT2D eigenvalue weighted by Gasteiger charge is -2.33. The summed E-state index contributed by atoms with van der Waals surface area (Å²) in [5, 5.41) is 0. The van der Waals surface area contributed by atoms with Gasteiger partial charge in [-0.25, -0.2) is 8.42 Å². The maximum Gasteiger partial charge on any atom is 0.254 e. The quantitative estimate of drug-likeness (QED) is 0.770. The van der Waals surface area contributed by atoms with E-state index in [1.807, 2.05) is 13.8 Å². The summed E-state index contributed by atoms with van der Waals surface area (Å²) >= 11 is 0. The Bertz CT molecular complexity index is 770. The molecule has 0 radical (unpaired) electrons. The van der Waals surface area contributed by atoms with Crippen molar-refractivity contribution in [2.75, 3.05) is 32.8 Å². The summed E-state index contributed by atoms with van der Waals surface area (Å²) in [4.78, 5) is 15.1. The molecule has 2 saturated heterocycles. The van der Waals surface area contributed by atoms with Gasteiger partial charge in [-0.1, -0.05) is 12.5 Å². The molecule has 1 aromatic carbocycles. The first kappa shape index (κ1) is 20.3. The minimum absolute atomic E-state index is 0.0632. The van der Waals surface area contributed by atoms with Gasteiger partial charge in [-0.05, 0) is 57.2 Å². The van der Waals surface area contributed by atoms with Gasteiger partial charge >= 0.3 is 0 Å². The Morgan fingerprint density at radius 2 is 1.89 bits per heavy atom. The van der Waals surface area contributed by atoms with Crippen LogP contribution in [0.1, 0.15) is 54.9 Å². The summed E-state index contributed by atoms with van der Waals surface area (Å²) in [5.74, 6) is -0.104. The molecule has 2 aliphatic heterocycles. The molecular formula is C20H30N2O4S. The van der Waals surface area contributed by atoms with Crippen LogP contribution in [-0.2, 0) is 14.8 Å². The predicted molar refractivity (Wildman–Crippen MR) is 104 cm³/mol. The number of sulfonamides is 1. The van der Waals surface area contributed by atoms with Crippen LogP contribution in [0.5, 0.6) is 0 Å². The van der Waals surface area contributed by atoms with Gasteiger partial charge < -0.3 is 9.64 Å². The van der Waals surface area contributed by atoms with Crippen LogP contribution in [0, 0.1) is 6.92 Å². The number of aryl methyl sites for hydroxylation is 1. The van der Waals surface area contributed by atoms with Crippen LogP contribution in [0.4, 0.5) is 0 Å². The summed E-state index contributed by atoms with van der Waals surface area (Å²) in [6, 6.07) is 4.93. The number of likely N-dealkylation sites (tertiary alicyclic amines) is 1. The topological polar surface area (TPSA) is 66.9 Å². The second kappa shape index (κ2) is 8.71. The first-order chi connectivity index (χ1) is 12.9. The van der Waals surface area contributed by atoms with E-state index < -0.39 is 10.0 Å². The fraction of sp³-hybridized carbons (Fsp3) is 0.650. The summed E-state index contributed by atoms with van der Waals surface area (Å²) in [5.41, 5.74) is 1.28. The number of benzene rings is 1. The number of rotatable bonds is 5. The number of hydrogen-bond acceptors (Lipinski definition) is 4. The Hall–Kier alpha value is -1.44. The molecule has 150 valence electrons. The van der Waals surface area contributed by atoms with Gasteiger partial charge in [0.25, 0.3) is 5.91 Å². The summed E-state index contributed by atoms with van der Waals surface area (Å²) in [7, 11) is -3.55. The summed E-state index contributed by atoms with van der Waals surface area (Å²) in [6.07, 6.45) is 4.78. The normalized spacial score (nSPS) is 22.0. The van der Waals surface area contributed by atoms with Gasteiger partial charge in [0.05, 0.1) is 11.0 Å². The monoisotopic (exact) mass is 394 g/mol. The molecule has 0 aromatic heterocycles. The Morgan fingerprint density at radius 3 is 2.59 bits per heavy atom. The Balaban J connectivity index is 1.83. The molecule has 0 N–H and O–H groups in total. The molecule has 27 heavy (non-hydrogen) atoms. The zero-order chi connectivity index (χ0) is 19.4. The zero-order valence-electron chi connectivity index (χ0n) is 16.3.